The van der Waals surface area contributed by atoms with E-state index in [2.05, 4.69) is 5.32 Å². The van der Waals surface area contributed by atoms with Crippen molar-refractivity contribution < 1.29 is 14.3 Å². The molecule has 2 aliphatic heterocycles. The summed E-state index contributed by atoms with van der Waals surface area (Å²) in [6.45, 7) is 2.87. The first-order valence-electron chi connectivity index (χ1n) is 7.97. The molecule has 25 heavy (non-hydrogen) atoms. The number of fused-ring (bicyclic) bond motifs is 1. The van der Waals surface area contributed by atoms with Crippen LogP contribution in [-0.2, 0) is 0 Å². The number of amides is 2. The summed E-state index contributed by atoms with van der Waals surface area (Å²) in [5.41, 5.74) is 2.71. The average Bonchev–Trinajstić information content (AvgIpc) is 3.26. The van der Waals surface area contributed by atoms with E-state index in [0.717, 1.165) is 28.4 Å². The van der Waals surface area contributed by atoms with Crippen LogP contribution in [0.1, 0.15) is 16.5 Å². The Hall–Kier alpha value is -2.05. The quantitative estimate of drug-likeness (QED) is 0.828. The zero-order valence-electron chi connectivity index (χ0n) is 13.6. The summed E-state index contributed by atoms with van der Waals surface area (Å²) in [5.74, 6) is 2.37. The van der Waals surface area contributed by atoms with E-state index in [1.165, 1.54) is 0 Å². The van der Waals surface area contributed by atoms with E-state index in [1.54, 1.807) is 17.8 Å². The number of carbonyl (C=O) groups excluding carboxylic acids is 1. The van der Waals surface area contributed by atoms with E-state index in [4.69, 9.17) is 21.1 Å². The number of anilines is 1. The van der Waals surface area contributed by atoms with Gasteiger partial charge in [0, 0.05) is 23.0 Å². The largest absolute Gasteiger partial charge is 0.454 e. The standard InChI is InChI=1S/C18H17ClN2O3S/c1-11-2-4-13(9-14(11)19)20-18(22)21-6-7-25-17(21)12-3-5-15-16(8-12)24-10-23-15/h2-5,8-9,17H,6-7,10H2,1H3,(H,20,22). The lowest BCUT2D eigenvalue weighted by Gasteiger charge is -2.24. The molecule has 7 heteroatoms. The van der Waals surface area contributed by atoms with Gasteiger partial charge in [0.1, 0.15) is 5.37 Å². The molecule has 2 aromatic rings. The Bertz CT molecular complexity index is 830. The Kier molecular flexibility index (Phi) is 4.39. The van der Waals surface area contributed by atoms with Gasteiger partial charge in [-0.1, -0.05) is 23.7 Å². The van der Waals surface area contributed by atoms with Crippen LogP contribution in [0.15, 0.2) is 36.4 Å². The number of halogens is 1. The first-order chi connectivity index (χ1) is 12.1. The summed E-state index contributed by atoms with van der Waals surface area (Å²) in [5, 5.41) is 3.53. The summed E-state index contributed by atoms with van der Waals surface area (Å²) in [6, 6.07) is 11.2. The molecule has 1 atom stereocenters. The summed E-state index contributed by atoms with van der Waals surface area (Å²) in [6.07, 6.45) is 0. The van der Waals surface area contributed by atoms with Gasteiger partial charge in [0.25, 0.3) is 0 Å². The Balaban J connectivity index is 1.52. The third-order valence-electron chi connectivity index (χ3n) is 4.26. The zero-order valence-corrected chi connectivity index (χ0v) is 15.2. The molecule has 2 aromatic carbocycles. The number of nitrogens with zero attached hydrogens (tertiary/aromatic N) is 1. The van der Waals surface area contributed by atoms with Crippen LogP contribution in [0, 0.1) is 6.92 Å². The summed E-state index contributed by atoms with van der Waals surface area (Å²) in [7, 11) is 0. The second kappa shape index (κ2) is 6.69. The Morgan fingerprint density at radius 3 is 2.92 bits per heavy atom. The number of ether oxygens (including phenoxy) is 2. The summed E-state index contributed by atoms with van der Waals surface area (Å²) in [4.78, 5) is 14.6. The second-order valence-corrected chi connectivity index (χ2v) is 7.52. The highest BCUT2D eigenvalue weighted by Crippen LogP contribution is 2.42. The van der Waals surface area contributed by atoms with Crippen LogP contribution < -0.4 is 14.8 Å². The third kappa shape index (κ3) is 3.24. The fourth-order valence-electron chi connectivity index (χ4n) is 2.89. The topological polar surface area (TPSA) is 50.8 Å². The molecule has 4 rings (SSSR count). The molecular weight excluding hydrogens is 360 g/mol. The normalized spacial score (nSPS) is 18.5. The number of carbonyl (C=O) groups is 1. The number of thioether (sulfide) groups is 1. The van der Waals surface area contributed by atoms with E-state index in [0.29, 0.717) is 17.3 Å². The van der Waals surface area contributed by atoms with Crippen molar-refractivity contribution in [2.24, 2.45) is 0 Å². The highest BCUT2D eigenvalue weighted by molar-refractivity contribution is 7.99. The van der Waals surface area contributed by atoms with Crippen molar-refractivity contribution in [2.45, 2.75) is 12.3 Å². The van der Waals surface area contributed by atoms with Gasteiger partial charge < -0.3 is 19.7 Å². The number of nitrogens with one attached hydrogen (secondary N) is 1. The van der Waals surface area contributed by atoms with Crippen molar-refractivity contribution >= 4 is 35.1 Å². The molecule has 130 valence electrons. The van der Waals surface area contributed by atoms with Gasteiger partial charge >= 0.3 is 6.03 Å². The molecule has 1 saturated heterocycles. The number of benzene rings is 2. The van der Waals surface area contributed by atoms with Crippen LogP contribution in [0.25, 0.3) is 0 Å². The van der Waals surface area contributed by atoms with E-state index in [9.17, 15) is 4.79 Å². The van der Waals surface area contributed by atoms with Crippen LogP contribution in [0.2, 0.25) is 5.02 Å². The van der Waals surface area contributed by atoms with Crippen LogP contribution in [0.5, 0.6) is 11.5 Å². The number of rotatable bonds is 2. The van der Waals surface area contributed by atoms with Crippen molar-refractivity contribution in [3.63, 3.8) is 0 Å². The number of hydrogen-bond acceptors (Lipinski definition) is 4. The Morgan fingerprint density at radius 2 is 2.08 bits per heavy atom. The first-order valence-corrected chi connectivity index (χ1v) is 9.39. The molecule has 2 amide bonds. The molecule has 0 bridgehead atoms. The Labute approximate surface area is 155 Å². The highest BCUT2D eigenvalue weighted by Gasteiger charge is 2.32. The molecule has 1 unspecified atom stereocenters. The minimum absolute atomic E-state index is 0.0459. The number of urea groups is 1. The van der Waals surface area contributed by atoms with E-state index < -0.39 is 0 Å². The van der Waals surface area contributed by atoms with Crippen LogP contribution in [0.4, 0.5) is 10.5 Å². The van der Waals surface area contributed by atoms with Crippen molar-refractivity contribution in [2.75, 3.05) is 24.4 Å². The van der Waals surface area contributed by atoms with Crippen molar-refractivity contribution in [3.8, 4) is 11.5 Å². The van der Waals surface area contributed by atoms with Crippen LogP contribution >= 0.6 is 23.4 Å². The van der Waals surface area contributed by atoms with Gasteiger partial charge in [-0.15, -0.1) is 11.8 Å². The van der Waals surface area contributed by atoms with Crippen molar-refractivity contribution in [1.82, 2.24) is 4.90 Å². The van der Waals surface area contributed by atoms with E-state index >= 15 is 0 Å². The molecule has 1 fully saturated rings. The smallest absolute Gasteiger partial charge is 0.323 e. The SMILES string of the molecule is Cc1ccc(NC(=O)N2CCSC2c2ccc3c(c2)OCO3)cc1Cl. The maximum Gasteiger partial charge on any atom is 0.323 e. The van der Waals surface area contributed by atoms with Crippen LogP contribution in [0.3, 0.4) is 0 Å². The second-order valence-electron chi connectivity index (χ2n) is 5.92. The van der Waals surface area contributed by atoms with Crippen molar-refractivity contribution in [3.05, 3.63) is 52.5 Å². The monoisotopic (exact) mass is 376 g/mol. The molecule has 2 heterocycles. The van der Waals surface area contributed by atoms with Gasteiger partial charge in [-0.2, -0.15) is 0 Å². The number of hydrogen-bond donors (Lipinski definition) is 1. The molecule has 0 aromatic heterocycles. The fraction of sp³-hybridized carbons (Fsp3) is 0.278. The van der Waals surface area contributed by atoms with Gasteiger partial charge in [-0.05, 0) is 42.3 Å². The lowest BCUT2D eigenvalue weighted by Crippen LogP contribution is -2.34. The van der Waals surface area contributed by atoms with Crippen molar-refractivity contribution in [1.29, 1.82) is 0 Å². The minimum Gasteiger partial charge on any atom is -0.454 e. The predicted octanol–water partition coefficient (Wildman–Crippen LogP) is 4.66. The molecule has 1 N–H and O–H groups in total. The maximum atomic E-state index is 12.7. The third-order valence-corrected chi connectivity index (χ3v) is 5.92. The molecule has 0 radical (unpaired) electrons. The molecule has 0 saturated carbocycles. The lowest BCUT2D eigenvalue weighted by atomic mass is 10.2. The predicted molar refractivity (Wildman–Crippen MR) is 99.7 cm³/mol. The summed E-state index contributed by atoms with van der Waals surface area (Å²) < 4.78 is 10.8. The highest BCUT2D eigenvalue weighted by atomic mass is 35.5. The molecule has 0 spiro atoms. The minimum atomic E-state index is -0.132. The average molecular weight is 377 g/mol. The first kappa shape index (κ1) is 16.4. The van der Waals surface area contributed by atoms with E-state index in [-0.39, 0.29) is 18.2 Å². The zero-order chi connectivity index (χ0) is 17.4. The number of aryl methyl sites for hydroxylation is 1. The van der Waals surface area contributed by atoms with Gasteiger partial charge in [0.2, 0.25) is 6.79 Å². The maximum absolute atomic E-state index is 12.7. The molecule has 2 aliphatic rings. The van der Waals surface area contributed by atoms with Gasteiger partial charge in [-0.25, -0.2) is 4.79 Å². The van der Waals surface area contributed by atoms with E-state index in [1.807, 2.05) is 42.2 Å². The van der Waals surface area contributed by atoms with Gasteiger partial charge in [-0.3, -0.25) is 0 Å². The molecular formula is C18H17ClN2O3S. The molecule has 5 nitrogen and oxygen atoms in total. The lowest BCUT2D eigenvalue weighted by molar-refractivity contribution is 0.174. The fourth-order valence-corrected chi connectivity index (χ4v) is 4.31. The van der Waals surface area contributed by atoms with Gasteiger partial charge in [0.15, 0.2) is 11.5 Å². The van der Waals surface area contributed by atoms with Gasteiger partial charge in [0.05, 0.1) is 0 Å². The van der Waals surface area contributed by atoms with Crippen LogP contribution in [-0.4, -0.2) is 30.0 Å². The molecule has 0 aliphatic carbocycles. The summed E-state index contributed by atoms with van der Waals surface area (Å²) >= 11 is 7.88. The Morgan fingerprint density at radius 1 is 1.24 bits per heavy atom.